The Hall–Kier alpha value is -3.19. The summed E-state index contributed by atoms with van der Waals surface area (Å²) in [5, 5.41) is 3.90. The van der Waals surface area contributed by atoms with Gasteiger partial charge in [-0.15, -0.1) is 24.5 Å². The third-order valence-corrected chi connectivity index (χ3v) is 8.43. The van der Waals surface area contributed by atoms with Crippen LogP contribution < -0.4 is 19.5 Å². The lowest BCUT2D eigenvalue weighted by Crippen LogP contribution is -2.22. The Kier molecular flexibility index (Phi) is 9.18. The molecule has 0 aliphatic carbocycles. The number of halogens is 5. The summed E-state index contributed by atoms with van der Waals surface area (Å²) in [4.78, 5) is 13.6. The SMILES string of the molecule is CC(C)Oc1cc(OC(F)(F)F)cc(C(C)(C)c2cc(Cl)cc(NC(=O)c3cc4cc(NS(C)(=O)=O)c(Cl)cc4s3)c2)c1. The Bertz CT molecular complexity index is 1810. The maximum atomic E-state index is 13.2. The van der Waals surface area contributed by atoms with Gasteiger partial charge in [-0.25, -0.2) is 8.42 Å². The minimum atomic E-state index is -4.89. The first kappa shape index (κ1) is 32.7. The van der Waals surface area contributed by atoms with Gasteiger partial charge in [0.15, 0.2) is 0 Å². The highest BCUT2D eigenvalue weighted by molar-refractivity contribution is 7.92. The highest BCUT2D eigenvalue weighted by Gasteiger charge is 2.33. The first-order valence-corrected chi connectivity index (χ1v) is 16.2. The fourth-order valence-corrected chi connectivity index (χ4v) is 6.41. The Morgan fingerprint density at radius 2 is 1.58 bits per heavy atom. The average molecular weight is 676 g/mol. The number of anilines is 2. The number of fused-ring (bicyclic) bond motifs is 1. The number of thiophene rings is 1. The predicted molar refractivity (Wildman–Crippen MR) is 166 cm³/mol. The largest absolute Gasteiger partial charge is 0.573 e. The molecule has 0 aliphatic heterocycles. The molecular formula is C29H27Cl2F3N2O5S2. The Balaban J connectivity index is 1.66. The molecule has 230 valence electrons. The van der Waals surface area contributed by atoms with Crippen LogP contribution in [0.2, 0.25) is 10.0 Å². The number of rotatable bonds is 9. The van der Waals surface area contributed by atoms with E-state index >= 15 is 0 Å². The van der Waals surface area contributed by atoms with Crippen molar-refractivity contribution in [2.45, 2.75) is 45.6 Å². The highest BCUT2D eigenvalue weighted by atomic mass is 35.5. The fraction of sp³-hybridized carbons (Fsp3) is 0.276. The molecule has 0 saturated carbocycles. The second kappa shape index (κ2) is 12.1. The van der Waals surface area contributed by atoms with Crippen LogP contribution in [-0.2, 0) is 15.4 Å². The van der Waals surface area contributed by atoms with E-state index in [9.17, 15) is 26.4 Å². The van der Waals surface area contributed by atoms with Crippen molar-refractivity contribution >= 4 is 71.9 Å². The molecule has 1 amide bonds. The van der Waals surface area contributed by atoms with Gasteiger partial charge in [-0.2, -0.15) is 0 Å². The van der Waals surface area contributed by atoms with Gasteiger partial charge in [-0.05, 0) is 78.9 Å². The summed E-state index contributed by atoms with van der Waals surface area (Å²) in [6.07, 6.45) is -4.18. The molecule has 0 aliphatic rings. The van der Waals surface area contributed by atoms with Crippen molar-refractivity contribution in [2.75, 3.05) is 16.3 Å². The lowest BCUT2D eigenvalue weighted by molar-refractivity contribution is -0.274. The number of amides is 1. The molecule has 0 spiro atoms. The summed E-state index contributed by atoms with van der Waals surface area (Å²) in [5.74, 6) is -0.673. The molecule has 0 atom stereocenters. The van der Waals surface area contributed by atoms with Crippen molar-refractivity contribution in [3.05, 3.63) is 80.6 Å². The van der Waals surface area contributed by atoms with Gasteiger partial charge in [-0.1, -0.05) is 37.0 Å². The molecule has 0 unspecified atom stereocenters. The Morgan fingerprint density at radius 3 is 2.21 bits per heavy atom. The van der Waals surface area contributed by atoms with Crippen molar-refractivity contribution in [1.29, 1.82) is 0 Å². The maximum Gasteiger partial charge on any atom is 0.573 e. The van der Waals surface area contributed by atoms with Crippen molar-refractivity contribution in [3.63, 3.8) is 0 Å². The first-order chi connectivity index (χ1) is 19.8. The maximum absolute atomic E-state index is 13.2. The van der Waals surface area contributed by atoms with E-state index in [4.69, 9.17) is 27.9 Å². The molecule has 7 nitrogen and oxygen atoms in total. The standard InChI is InChI=1S/C29H27Cl2F3N2O5S2/c1-15(2)40-21-10-18(11-22(13-21)41-29(32,33)34)28(3,4)17-8-19(30)12-20(9-17)35-27(37)26-7-16-6-24(36-43(5,38)39)23(31)14-25(16)42-26/h6-15,36H,1-5H3,(H,35,37). The second-order valence-corrected chi connectivity index (χ2v) is 14.2. The highest BCUT2D eigenvalue weighted by Crippen LogP contribution is 2.40. The molecule has 4 aromatic rings. The van der Waals surface area contributed by atoms with E-state index in [-0.39, 0.29) is 22.6 Å². The van der Waals surface area contributed by atoms with Crippen LogP contribution in [0.4, 0.5) is 24.5 Å². The van der Waals surface area contributed by atoms with Gasteiger partial charge in [0.05, 0.1) is 27.9 Å². The van der Waals surface area contributed by atoms with Crippen LogP contribution in [-0.4, -0.2) is 33.0 Å². The van der Waals surface area contributed by atoms with Crippen LogP contribution in [0.5, 0.6) is 11.5 Å². The van der Waals surface area contributed by atoms with E-state index in [1.165, 1.54) is 12.1 Å². The van der Waals surface area contributed by atoms with Crippen LogP contribution >= 0.6 is 34.5 Å². The van der Waals surface area contributed by atoms with Crippen LogP contribution in [0, 0.1) is 0 Å². The molecule has 2 N–H and O–H groups in total. The quantitative estimate of drug-likeness (QED) is 0.185. The number of nitrogens with one attached hydrogen (secondary N) is 2. The number of ether oxygens (including phenoxy) is 2. The third-order valence-electron chi connectivity index (χ3n) is 6.21. The van der Waals surface area contributed by atoms with Crippen molar-refractivity contribution in [3.8, 4) is 11.5 Å². The van der Waals surface area contributed by atoms with Crippen molar-refractivity contribution in [2.24, 2.45) is 0 Å². The summed E-state index contributed by atoms with van der Waals surface area (Å²) in [5.41, 5.74) is 0.715. The molecule has 1 aromatic heterocycles. The van der Waals surface area contributed by atoms with Gasteiger partial charge in [-0.3, -0.25) is 9.52 Å². The third kappa shape index (κ3) is 8.47. The normalized spacial score (nSPS) is 12.4. The monoisotopic (exact) mass is 674 g/mol. The summed E-state index contributed by atoms with van der Waals surface area (Å²) in [6.45, 7) is 7.11. The molecule has 14 heteroatoms. The van der Waals surface area contributed by atoms with Crippen LogP contribution in [0.25, 0.3) is 10.1 Å². The Labute approximate surface area is 261 Å². The zero-order valence-corrected chi connectivity index (χ0v) is 26.7. The summed E-state index contributed by atoms with van der Waals surface area (Å²) >= 11 is 13.8. The molecule has 4 rings (SSSR count). The van der Waals surface area contributed by atoms with Crippen molar-refractivity contribution < 1.29 is 35.9 Å². The number of alkyl halides is 3. The average Bonchev–Trinajstić information content (AvgIpc) is 3.24. The predicted octanol–water partition coefficient (Wildman–Crippen LogP) is 8.84. The van der Waals surface area contributed by atoms with E-state index in [0.29, 0.717) is 36.8 Å². The molecule has 0 bridgehead atoms. The number of sulfonamides is 1. The molecule has 3 aromatic carbocycles. The van der Waals surface area contributed by atoms with E-state index in [1.807, 2.05) is 0 Å². The van der Waals surface area contributed by atoms with Gasteiger partial charge < -0.3 is 14.8 Å². The first-order valence-electron chi connectivity index (χ1n) is 12.7. The van der Waals surface area contributed by atoms with Gasteiger partial charge >= 0.3 is 6.36 Å². The molecule has 43 heavy (non-hydrogen) atoms. The second-order valence-electron chi connectivity index (χ2n) is 10.6. The topological polar surface area (TPSA) is 93.7 Å². The van der Waals surface area contributed by atoms with Gasteiger partial charge in [0, 0.05) is 26.9 Å². The molecular weight excluding hydrogens is 648 g/mol. The lowest BCUT2D eigenvalue weighted by Gasteiger charge is -2.28. The Morgan fingerprint density at radius 1 is 0.930 bits per heavy atom. The van der Waals surface area contributed by atoms with Gasteiger partial charge in [0.2, 0.25) is 10.0 Å². The fourth-order valence-electron chi connectivity index (χ4n) is 4.30. The minimum Gasteiger partial charge on any atom is -0.491 e. The zero-order valence-electron chi connectivity index (χ0n) is 23.5. The lowest BCUT2D eigenvalue weighted by atomic mass is 9.78. The van der Waals surface area contributed by atoms with Crippen molar-refractivity contribution in [1.82, 2.24) is 0 Å². The number of hydrogen-bond acceptors (Lipinski definition) is 6. The summed E-state index contributed by atoms with van der Waals surface area (Å²) in [7, 11) is -3.56. The number of benzene rings is 3. The molecule has 0 radical (unpaired) electrons. The van der Waals surface area contributed by atoms with Crippen LogP contribution in [0.3, 0.4) is 0 Å². The summed E-state index contributed by atoms with van der Waals surface area (Å²) < 4.78 is 75.4. The van der Waals surface area contributed by atoms with E-state index in [1.54, 1.807) is 70.2 Å². The molecule has 0 saturated heterocycles. The van der Waals surface area contributed by atoms with E-state index < -0.39 is 33.5 Å². The van der Waals surface area contributed by atoms with Gasteiger partial charge in [0.25, 0.3) is 5.91 Å². The van der Waals surface area contributed by atoms with E-state index in [2.05, 4.69) is 14.8 Å². The number of hydrogen-bond donors (Lipinski definition) is 2. The number of carbonyl (C=O) groups excluding carboxylic acids is 1. The van der Waals surface area contributed by atoms with Crippen LogP contribution in [0.15, 0.2) is 54.6 Å². The van der Waals surface area contributed by atoms with Crippen LogP contribution in [0.1, 0.15) is 48.5 Å². The smallest absolute Gasteiger partial charge is 0.491 e. The number of carbonyl (C=O) groups is 1. The molecule has 1 heterocycles. The molecule has 0 fully saturated rings. The minimum absolute atomic E-state index is 0.181. The summed E-state index contributed by atoms with van der Waals surface area (Å²) in [6, 6.07) is 13.7. The zero-order chi connectivity index (χ0) is 31.9. The van der Waals surface area contributed by atoms with Gasteiger partial charge in [0.1, 0.15) is 11.5 Å². The van der Waals surface area contributed by atoms with E-state index in [0.717, 1.165) is 17.6 Å².